The lowest BCUT2D eigenvalue weighted by molar-refractivity contribution is 0.375. The number of nitrogens with zero attached hydrogens (tertiary/aromatic N) is 4. The van der Waals surface area contributed by atoms with E-state index < -0.39 is 0 Å². The molecule has 1 saturated heterocycles. The lowest BCUT2D eigenvalue weighted by atomic mass is 10.00. The molecule has 1 aliphatic heterocycles. The number of hydrogen-bond donors (Lipinski definition) is 0. The second-order valence-corrected chi connectivity index (χ2v) is 4.40. The third kappa shape index (κ3) is 2.52. The summed E-state index contributed by atoms with van der Waals surface area (Å²) in [6.45, 7) is 4.19. The van der Waals surface area contributed by atoms with E-state index in [4.69, 9.17) is 16.3 Å². The average molecular weight is 243 g/mol. The average Bonchev–Trinajstić information content (AvgIpc) is 2.29. The van der Waals surface area contributed by atoms with Crippen LogP contribution in [0.5, 0.6) is 6.01 Å². The van der Waals surface area contributed by atoms with Crippen LogP contribution < -0.4 is 9.64 Å². The van der Waals surface area contributed by atoms with E-state index in [1.807, 2.05) is 0 Å². The van der Waals surface area contributed by atoms with E-state index in [0.717, 1.165) is 31.8 Å². The van der Waals surface area contributed by atoms with Crippen molar-refractivity contribution in [3.8, 4) is 6.01 Å². The van der Waals surface area contributed by atoms with Gasteiger partial charge in [-0.05, 0) is 30.4 Å². The third-order valence-corrected chi connectivity index (χ3v) is 2.99. The van der Waals surface area contributed by atoms with Crippen LogP contribution in [0.2, 0.25) is 5.28 Å². The number of hydrogen-bond acceptors (Lipinski definition) is 5. The largest absolute Gasteiger partial charge is 0.467 e. The zero-order valence-electron chi connectivity index (χ0n) is 9.48. The highest BCUT2D eigenvalue weighted by Gasteiger charge is 2.19. The summed E-state index contributed by atoms with van der Waals surface area (Å²) >= 11 is 5.81. The molecule has 0 radical (unpaired) electrons. The molecule has 0 bridgehead atoms. The molecule has 0 aromatic carbocycles. The number of ether oxygens (including phenoxy) is 1. The van der Waals surface area contributed by atoms with Crippen LogP contribution in [0.25, 0.3) is 0 Å². The van der Waals surface area contributed by atoms with E-state index in [1.165, 1.54) is 7.11 Å². The first kappa shape index (κ1) is 11.4. The second kappa shape index (κ2) is 4.82. The van der Waals surface area contributed by atoms with Crippen molar-refractivity contribution in [3.63, 3.8) is 0 Å². The molecule has 1 fully saturated rings. The summed E-state index contributed by atoms with van der Waals surface area (Å²) < 4.78 is 4.97. The Balaban J connectivity index is 2.16. The first-order valence-corrected chi connectivity index (χ1v) is 5.77. The summed E-state index contributed by atoms with van der Waals surface area (Å²) in [5.74, 6) is 1.39. The van der Waals surface area contributed by atoms with E-state index in [0.29, 0.717) is 5.95 Å². The fourth-order valence-corrected chi connectivity index (χ4v) is 1.91. The highest BCUT2D eigenvalue weighted by Crippen LogP contribution is 2.21. The molecule has 5 nitrogen and oxygen atoms in total. The van der Waals surface area contributed by atoms with Crippen molar-refractivity contribution in [2.45, 2.75) is 19.8 Å². The fraction of sp³-hybridized carbons (Fsp3) is 0.700. The first-order chi connectivity index (χ1) is 7.69. The molecule has 0 saturated carbocycles. The van der Waals surface area contributed by atoms with Crippen molar-refractivity contribution in [3.05, 3.63) is 5.28 Å². The van der Waals surface area contributed by atoms with Gasteiger partial charge in [0.05, 0.1) is 7.11 Å². The first-order valence-electron chi connectivity index (χ1n) is 5.39. The molecule has 0 atom stereocenters. The van der Waals surface area contributed by atoms with Crippen LogP contribution in [0.15, 0.2) is 0 Å². The molecule has 0 aliphatic carbocycles. The monoisotopic (exact) mass is 242 g/mol. The quantitative estimate of drug-likeness (QED) is 0.791. The molecular weight excluding hydrogens is 228 g/mol. The summed E-state index contributed by atoms with van der Waals surface area (Å²) in [5, 5.41) is 0.181. The molecule has 0 unspecified atom stereocenters. The Morgan fingerprint density at radius 1 is 1.25 bits per heavy atom. The molecule has 1 aliphatic rings. The van der Waals surface area contributed by atoms with E-state index in [-0.39, 0.29) is 11.3 Å². The zero-order chi connectivity index (χ0) is 11.5. The summed E-state index contributed by atoms with van der Waals surface area (Å²) in [7, 11) is 1.52. The van der Waals surface area contributed by atoms with Gasteiger partial charge in [-0.2, -0.15) is 15.0 Å². The molecule has 0 N–H and O–H groups in total. The SMILES string of the molecule is COc1nc(Cl)nc(N2CCC(C)CC2)n1. The number of rotatable bonds is 2. The molecule has 6 heteroatoms. The van der Waals surface area contributed by atoms with Gasteiger partial charge in [0.15, 0.2) is 0 Å². The molecule has 1 aromatic heterocycles. The standard InChI is InChI=1S/C10H15ClN4O/c1-7-3-5-15(6-4-7)9-12-8(11)13-10(14-9)16-2/h7H,3-6H2,1-2H3. The van der Waals surface area contributed by atoms with Crippen LogP contribution in [0, 0.1) is 5.92 Å². The van der Waals surface area contributed by atoms with Crippen molar-refractivity contribution < 1.29 is 4.74 Å². The summed E-state index contributed by atoms with van der Waals surface area (Å²) in [6, 6.07) is 0.272. The minimum absolute atomic E-state index is 0.181. The summed E-state index contributed by atoms with van der Waals surface area (Å²) in [5.41, 5.74) is 0. The number of halogens is 1. The van der Waals surface area contributed by atoms with Gasteiger partial charge in [0.2, 0.25) is 11.2 Å². The van der Waals surface area contributed by atoms with Crippen LogP contribution in [0.3, 0.4) is 0 Å². The Bertz CT molecular complexity index is 366. The maximum Gasteiger partial charge on any atom is 0.322 e. The molecule has 88 valence electrons. The van der Waals surface area contributed by atoms with Gasteiger partial charge in [0.25, 0.3) is 0 Å². The van der Waals surface area contributed by atoms with Gasteiger partial charge >= 0.3 is 6.01 Å². The molecule has 0 spiro atoms. The number of aromatic nitrogens is 3. The highest BCUT2D eigenvalue weighted by molar-refractivity contribution is 6.28. The molecule has 1 aromatic rings. The lowest BCUT2D eigenvalue weighted by Crippen LogP contribution is -2.34. The predicted molar refractivity (Wildman–Crippen MR) is 62.0 cm³/mol. The lowest BCUT2D eigenvalue weighted by Gasteiger charge is -2.30. The van der Waals surface area contributed by atoms with Crippen LogP contribution >= 0.6 is 11.6 Å². The highest BCUT2D eigenvalue weighted by atomic mass is 35.5. The Kier molecular flexibility index (Phi) is 3.43. The zero-order valence-corrected chi connectivity index (χ0v) is 10.2. The fourth-order valence-electron chi connectivity index (χ4n) is 1.76. The van der Waals surface area contributed by atoms with E-state index in [2.05, 4.69) is 26.8 Å². The topological polar surface area (TPSA) is 51.1 Å². The van der Waals surface area contributed by atoms with Crippen molar-refractivity contribution in [1.82, 2.24) is 15.0 Å². The van der Waals surface area contributed by atoms with Gasteiger partial charge < -0.3 is 9.64 Å². The normalized spacial score (nSPS) is 17.6. The molecule has 2 rings (SSSR count). The predicted octanol–water partition coefficient (Wildman–Crippen LogP) is 1.77. The number of anilines is 1. The van der Waals surface area contributed by atoms with Crippen molar-refractivity contribution in [1.29, 1.82) is 0 Å². The molecule has 16 heavy (non-hydrogen) atoms. The molecule has 0 amide bonds. The Morgan fingerprint density at radius 3 is 2.56 bits per heavy atom. The van der Waals surface area contributed by atoms with Crippen LogP contribution in [0.4, 0.5) is 5.95 Å². The minimum Gasteiger partial charge on any atom is -0.467 e. The van der Waals surface area contributed by atoms with Crippen LogP contribution in [-0.2, 0) is 0 Å². The van der Waals surface area contributed by atoms with Crippen LogP contribution in [0.1, 0.15) is 19.8 Å². The number of piperidine rings is 1. The molecular formula is C10H15ClN4O. The van der Waals surface area contributed by atoms with Crippen molar-refractivity contribution in [2.75, 3.05) is 25.1 Å². The maximum absolute atomic E-state index is 5.81. The summed E-state index contributed by atoms with van der Waals surface area (Å²) in [6.07, 6.45) is 2.32. The van der Waals surface area contributed by atoms with E-state index in [1.54, 1.807) is 0 Å². The Labute approximate surface area is 99.8 Å². The van der Waals surface area contributed by atoms with Crippen molar-refractivity contribution >= 4 is 17.5 Å². The van der Waals surface area contributed by atoms with Gasteiger partial charge in [0, 0.05) is 13.1 Å². The Hall–Kier alpha value is -1.10. The molecule has 2 heterocycles. The van der Waals surface area contributed by atoms with E-state index >= 15 is 0 Å². The minimum atomic E-state index is 0.181. The van der Waals surface area contributed by atoms with Crippen LogP contribution in [-0.4, -0.2) is 35.2 Å². The van der Waals surface area contributed by atoms with Gasteiger partial charge in [-0.25, -0.2) is 0 Å². The van der Waals surface area contributed by atoms with Crippen molar-refractivity contribution in [2.24, 2.45) is 5.92 Å². The smallest absolute Gasteiger partial charge is 0.322 e. The van der Waals surface area contributed by atoms with Gasteiger partial charge in [-0.15, -0.1) is 0 Å². The van der Waals surface area contributed by atoms with Gasteiger partial charge in [0.1, 0.15) is 0 Å². The Morgan fingerprint density at radius 2 is 1.94 bits per heavy atom. The van der Waals surface area contributed by atoms with Gasteiger partial charge in [-0.3, -0.25) is 0 Å². The third-order valence-electron chi connectivity index (χ3n) is 2.82. The maximum atomic E-state index is 5.81. The van der Waals surface area contributed by atoms with E-state index in [9.17, 15) is 0 Å². The second-order valence-electron chi connectivity index (χ2n) is 4.06. The van der Waals surface area contributed by atoms with Gasteiger partial charge in [-0.1, -0.05) is 6.92 Å². The number of methoxy groups -OCH3 is 1. The summed E-state index contributed by atoms with van der Waals surface area (Å²) in [4.78, 5) is 14.3.